The van der Waals surface area contributed by atoms with Crippen LogP contribution in [-0.4, -0.2) is 41.8 Å². The number of rotatable bonds is 7. The molecule has 0 spiro atoms. The number of hydrogen-bond acceptors (Lipinski definition) is 7. The minimum Gasteiger partial charge on any atom is -0.497 e. The highest BCUT2D eigenvalue weighted by Gasteiger charge is 2.49. The molecule has 218 valence electrons. The average Bonchev–Trinajstić information content (AvgIpc) is 3.28. The lowest BCUT2D eigenvalue weighted by Crippen LogP contribution is -2.30. The van der Waals surface area contributed by atoms with E-state index in [1.165, 1.54) is 4.90 Å². The number of amides is 2. The minimum atomic E-state index is -1.02. The Balaban J connectivity index is 1.26. The monoisotopic (exact) mass is 576 g/mol. The predicted octanol–water partition coefficient (Wildman–Crippen LogP) is 6.26. The predicted molar refractivity (Wildman–Crippen MR) is 162 cm³/mol. The number of nitrogens with zero attached hydrogens (tertiary/aromatic N) is 2. The zero-order valence-electron chi connectivity index (χ0n) is 24.3. The van der Waals surface area contributed by atoms with Gasteiger partial charge in [0, 0.05) is 16.5 Å². The second-order valence-electron chi connectivity index (χ2n) is 11.4. The highest BCUT2D eigenvalue weighted by atomic mass is 16.5. The number of carbonyl (C=O) groups excluding carboxylic acids is 4. The quantitative estimate of drug-likeness (QED) is 0.145. The lowest BCUT2D eigenvalue weighted by atomic mass is 9.76. The van der Waals surface area contributed by atoms with Crippen LogP contribution in [0.2, 0.25) is 0 Å². The van der Waals surface area contributed by atoms with Crippen LogP contribution in [0.1, 0.15) is 53.8 Å². The molecule has 6 rings (SSSR count). The maximum Gasteiger partial charge on any atom is 0.339 e. The average molecular weight is 577 g/mol. The fourth-order valence-corrected chi connectivity index (χ4v) is 6.19. The van der Waals surface area contributed by atoms with Crippen LogP contribution in [0.3, 0.4) is 0 Å². The van der Waals surface area contributed by atoms with Gasteiger partial charge >= 0.3 is 5.97 Å². The van der Waals surface area contributed by atoms with Crippen molar-refractivity contribution in [3.63, 3.8) is 0 Å². The second kappa shape index (κ2) is 11.4. The summed E-state index contributed by atoms with van der Waals surface area (Å²) in [5.41, 5.74) is 3.04. The molecular weight excluding hydrogens is 544 g/mol. The Hall–Kier alpha value is -4.85. The Labute approximate surface area is 249 Å². The standard InChI is InChI=1S/C35H32N2O6/c1-20-8-17-27-28(18-20)34(40)37(33(27)39)24-13-9-22(10-14-24)31-19-29(26-6-4-5-7-30(26)36-31)35(41)43-21(2)32(38)23-11-15-25(42-3)16-12-23/h4-7,9-16,19-21,27-28H,8,17-18H2,1-3H3/t20-,21-,27-,28+/m0/s1. The van der Waals surface area contributed by atoms with E-state index in [1.807, 2.05) is 12.1 Å². The number of methoxy groups -OCH3 is 1. The lowest BCUT2D eigenvalue weighted by Gasteiger charge is -2.25. The zero-order chi connectivity index (χ0) is 30.2. The molecule has 3 aromatic carbocycles. The van der Waals surface area contributed by atoms with Gasteiger partial charge in [0.05, 0.1) is 41.4 Å². The number of ketones is 1. The fourth-order valence-electron chi connectivity index (χ4n) is 6.19. The second-order valence-corrected chi connectivity index (χ2v) is 11.4. The molecule has 1 aromatic heterocycles. The molecule has 8 heteroatoms. The number of benzene rings is 3. The van der Waals surface area contributed by atoms with Crippen molar-refractivity contribution in [2.75, 3.05) is 12.0 Å². The summed E-state index contributed by atoms with van der Waals surface area (Å²) in [5.74, 6) is -0.645. The van der Waals surface area contributed by atoms with Crippen molar-refractivity contribution < 1.29 is 28.7 Å². The Bertz CT molecular complexity index is 1730. The molecule has 0 bridgehead atoms. The van der Waals surface area contributed by atoms with E-state index in [0.717, 1.165) is 19.3 Å². The number of aromatic nitrogens is 1. The summed E-state index contributed by atoms with van der Waals surface area (Å²) in [7, 11) is 1.55. The summed E-state index contributed by atoms with van der Waals surface area (Å²) in [5, 5.41) is 0.599. The van der Waals surface area contributed by atoms with Gasteiger partial charge in [0.25, 0.3) is 0 Å². The van der Waals surface area contributed by atoms with E-state index in [4.69, 9.17) is 14.5 Å². The smallest absolute Gasteiger partial charge is 0.339 e. The number of pyridine rings is 1. The molecule has 1 aliphatic carbocycles. The van der Waals surface area contributed by atoms with Crippen molar-refractivity contribution in [2.45, 2.75) is 39.2 Å². The van der Waals surface area contributed by atoms with Gasteiger partial charge in [-0.25, -0.2) is 9.78 Å². The molecule has 1 aliphatic heterocycles. The van der Waals surface area contributed by atoms with E-state index in [9.17, 15) is 19.2 Å². The molecule has 1 saturated heterocycles. The molecule has 2 fully saturated rings. The highest BCUT2D eigenvalue weighted by Crippen LogP contribution is 2.42. The number of anilines is 1. The van der Waals surface area contributed by atoms with Crippen molar-refractivity contribution in [1.82, 2.24) is 4.98 Å². The third-order valence-corrected chi connectivity index (χ3v) is 8.57. The van der Waals surface area contributed by atoms with E-state index in [-0.39, 0.29) is 35.0 Å². The molecule has 2 aliphatic rings. The van der Waals surface area contributed by atoms with Gasteiger partial charge < -0.3 is 9.47 Å². The topological polar surface area (TPSA) is 103 Å². The van der Waals surface area contributed by atoms with Crippen LogP contribution in [0.5, 0.6) is 5.75 Å². The minimum absolute atomic E-state index is 0.123. The van der Waals surface area contributed by atoms with Crippen LogP contribution in [0.4, 0.5) is 5.69 Å². The SMILES string of the molecule is COc1ccc(C(=O)[C@H](C)OC(=O)c2cc(-c3ccc(N4C(=O)[C@H]5CC[C@H](C)C[C@H]5C4=O)cc3)nc3ccccc23)cc1. The van der Waals surface area contributed by atoms with Crippen molar-refractivity contribution in [3.05, 3.63) is 90.0 Å². The first-order chi connectivity index (χ1) is 20.7. The van der Waals surface area contributed by atoms with Gasteiger partial charge in [0.2, 0.25) is 17.6 Å². The Kier molecular flexibility index (Phi) is 7.52. The largest absolute Gasteiger partial charge is 0.497 e. The molecule has 0 N–H and O–H groups in total. The summed E-state index contributed by atoms with van der Waals surface area (Å²) in [4.78, 5) is 58.8. The van der Waals surface area contributed by atoms with Crippen molar-refractivity contribution in [2.24, 2.45) is 17.8 Å². The molecule has 43 heavy (non-hydrogen) atoms. The van der Waals surface area contributed by atoms with Crippen molar-refractivity contribution >= 4 is 40.2 Å². The molecule has 4 aromatic rings. The number of para-hydroxylation sites is 1. The van der Waals surface area contributed by atoms with Crippen LogP contribution in [-0.2, 0) is 14.3 Å². The van der Waals surface area contributed by atoms with Crippen LogP contribution in [0, 0.1) is 17.8 Å². The van der Waals surface area contributed by atoms with Gasteiger partial charge in [-0.05, 0) is 80.6 Å². The number of carbonyl (C=O) groups is 4. The van der Waals surface area contributed by atoms with Crippen molar-refractivity contribution in [1.29, 1.82) is 0 Å². The number of hydrogen-bond donors (Lipinski definition) is 0. The van der Waals surface area contributed by atoms with E-state index < -0.39 is 12.1 Å². The number of ether oxygens (including phenoxy) is 2. The third-order valence-electron chi connectivity index (χ3n) is 8.57. The third kappa shape index (κ3) is 5.29. The van der Waals surface area contributed by atoms with Gasteiger partial charge in [-0.2, -0.15) is 0 Å². The maximum atomic E-state index is 13.4. The van der Waals surface area contributed by atoms with E-state index >= 15 is 0 Å². The lowest BCUT2D eigenvalue weighted by molar-refractivity contribution is -0.122. The first-order valence-electron chi connectivity index (χ1n) is 14.5. The normalized spacial score (nSPS) is 20.5. The Morgan fingerprint density at radius 3 is 2.33 bits per heavy atom. The first kappa shape index (κ1) is 28.3. The summed E-state index contributed by atoms with van der Waals surface area (Å²) in [6, 6.07) is 22.6. The maximum absolute atomic E-state index is 13.4. The van der Waals surface area contributed by atoms with Crippen molar-refractivity contribution in [3.8, 4) is 17.0 Å². The van der Waals surface area contributed by atoms with Gasteiger partial charge in [-0.1, -0.05) is 37.3 Å². The van der Waals surface area contributed by atoms with Crippen LogP contribution in [0.15, 0.2) is 78.9 Å². The fraction of sp³-hybridized carbons (Fsp3) is 0.286. The Morgan fingerprint density at radius 1 is 0.907 bits per heavy atom. The van der Waals surface area contributed by atoms with E-state index in [0.29, 0.717) is 45.1 Å². The number of imide groups is 1. The summed E-state index contributed by atoms with van der Waals surface area (Å²) >= 11 is 0. The van der Waals surface area contributed by atoms with Crippen LogP contribution >= 0.6 is 0 Å². The highest BCUT2D eigenvalue weighted by molar-refractivity contribution is 6.22. The number of fused-ring (bicyclic) bond motifs is 2. The molecule has 4 atom stereocenters. The number of esters is 1. The summed E-state index contributed by atoms with van der Waals surface area (Å²) in [6.45, 7) is 3.68. The molecule has 8 nitrogen and oxygen atoms in total. The van der Waals surface area contributed by atoms with Gasteiger partial charge in [-0.15, -0.1) is 0 Å². The van der Waals surface area contributed by atoms with Gasteiger partial charge in [0.1, 0.15) is 5.75 Å². The molecule has 2 amide bonds. The van der Waals surface area contributed by atoms with Crippen LogP contribution < -0.4 is 9.64 Å². The molecule has 1 saturated carbocycles. The first-order valence-corrected chi connectivity index (χ1v) is 14.5. The molecular formula is C35H32N2O6. The van der Waals surface area contributed by atoms with E-state index in [1.54, 1.807) is 80.8 Å². The van der Waals surface area contributed by atoms with E-state index in [2.05, 4.69) is 6.92 Å². The molecule has 0 radical (unpaired) electrons. The number of Topliss-reactive ketones (excluding diaryl/α,β-unsaturated/α-hetero) is 1. The van der Waals surface area contributed by atoms with Crippen LogP contribution in [0.25, 0.3) is 22.2 Å². The Morgan fingerprint density at radius 2 is 1.60 bits per heavy atom. The molecule has 0 unspecified atom stereocenters. The van der Waals surface area contributed by atoms with Gasteiger partial charge in [-0.3, -0.25) is 19.3 Å². The zero-order valence-corrected chi connectivity index (χ0v) is 24.3. The summed E-state index contributed by atoms with van der Waals surface area (Å²) < 4.78 is 10.8. The van der Waals surface area contributed by atoms with Gasteiger partial charge in [0.15, 0.2) is 6.10 Å². The summed E-state index contributed by atoms with van der Waals surface area (Å²) in [6.07, 6.45) is 1.43. The molecule has 2 heterocycles.